The number of halogens is 1. The molecule has 1 amide bonds. The summed E-state index contributed by atoms with van der Waals surface area (Å²) in [6.45, 7) is 0.443. The van der Waals surface area contributed by atoms with Crippen molar-refractivity contribution in [1.29, 1.82) is 0 Å². The van der Waals surface area contributed by atoms with Gasteiger partial charge >= 0.3 is 0 Å². The van der Waals surface area contributed by atoms with Crippen LogP contribution in [0.1, 0.15) is 21.5 Å². The van der Waals surface area contributed by atoms with Gasteiger partial charge in [0.25, 0.3) is 11.6 Å². The molecule has 146 valence electrons. The van der Waals surface area contributed by atoms with Crippen molar-refractivity contribution in [2.45, 2.75) is 6.61 Å². The predicted molar refractivity (Wildman–Crippen MR) is 113 cm³/mol. The number of nitro benzene ring substituents is 1. The third-order valence-electron chi connectivity index (χ3n) is 3.92. The smallest absolute Gasteiger partial charge is 0.282 e. The Morgan fingerprint density at radius 3 is 2.55 bits per heavy atom. The summed E-state index contributed by atoms with van der Waals surface area (Å²) >= 11 is 3.45. The molecular formula is C21H16BrN3O4. The maximum absolute atomic E-state index is 12.1. The Balaban J connectivity index is 1.62. The van der Waals surface area contributed by atoms with Crippen molar-refractivity contribution in [3.8, 4) is 5.75 Å². The maximum Gasteiger partial charge on any atom is 0.282 e. The van der Waals surface area contributed by atoms with Crippen molar-refractivity contribution in [3.05, 3.63) is 104 Å². The fraction of sp³-hybridized carbons (Fsp3) is 0.0476. The number of hydrogen-bond donors (Lipinski definition) is 1. The highest BCUT2D eigenvalue weighted by Crippen LogP contribution is 2.26. The molecule has 3 rings (SSSR count). The summed E-state index contributed by atoms with van der Waals surface area (Å²) in [6, 6.07) is 20.9. The molecule has 0 spiro atoms. The third kappa shape index (κ3) is 5.49. The first-order valence-corrected chi connectivity index (χ1v) is 9.37. The van der Waals surface area contributed by atoms with Crippen LogP contribution in [-0.4, -0.2) is 17.0 Å². The Hall–Kier alpha value is -3.52. The second-order valence-corrected chi connectivity index (χ2v) is 6.79. The summed E-state index contributed by atoms with van der Waals surface area (Å²) in [5.41, 5.74) is 3.75. The Bertz CT molecular complexity index is 1050. The molecule has 0 saturated heterocycles. The number of nitrogens with zero attached hydrogens (tertiary/aromatic N) is 2. The molecule has 8 heteroatoms. The van der Waals surface area contributed by atoms with Gasteiger partial charge in [0.1, 0.15) is 17.9 Å². The molecule has 0 bridgehead atoms. The van der Waals surface area contributed by atoms with Gasteiger partial charge in [-0.3, -0.25) is 14.9 Å². The van der Waals surface area contributed by atoms with Gasteiger partial charge in [-0.05, 0) is 51.3 Å². The molecule has 0 unspecified atom stereocenters. The van der Waals surface area contributed by atoms with Gasteiger partial charge in [0.15, 0.2) is 0 Å². The van der Waals surface area contributed by atoms with Crippen LogP contribution in [0.15, 0.2) is 82.4 Å². The number of hydrogen-bond acceptors (Lipinski definition) is 5. The number of nitrogens with one attached hydrogen (secondary N) is 1. The summed E-state index contributed by atoms with van der Waals surface area (Å²) in [7, 11) is 0. The average molecular weight is 454 g/mol. The lowest BCUT2D eigenvalue weighted by molar-refractivity contribution is -0.385. The van der Waals surface area contributed by atoms with Crippen LogP contribution in [0.2, 0.25) is 0 Å². The standard InChI is InChI=1S/C21H16BrN3O4/c22-18-12-16(10-11-20(18)29-14-15-6-2-1-3-7-15)13-23-24-21(26)17-8-4-5-9-19(17)25(27)28/h1-13H,14H2,(H,24,26)/b23-13+. The molecule has 3 aromatic carbocycles. The SMILES string of the molecule is O=C(N/N=C/c1ccc(OCc2ccccc2)c(Br)c1)c1ccccc1[N+](=O)[O-]. The number of carbonyl (C=O) groups is 1. The summed E-state index contributed by atoms with van der Waals surface area (Å²) in [4.78, 5) is 22.5. The zero-order valence-electron chi connectivity index (χ0n) is 15.1. The van der Waals surface area contributed by atoms with Gasteiger partial charge in [0.05, 0.1) is 15.6 Å². The largest absolute Gasteiger partial charge is 0.488 e. The number of benzene rings is 3. The molecule has 0 saturated carbocycles. The summed E-state index contributed by atoms with van der Waals surface area (Å²) in [6.07, 6.45) is 1.44. The summed E-state index contributed by atoms with van der Waals surface area (Å²) in [5, 5.41) is 14.9. The van der Waals surface area contributed by atoms with E-state index < -0.39 is 10.8 Å². The molecule has 0 atom stereocenters. The van der Waals surface area contributed by atoms with Crippen LogP contribution in [0.4, 0.5) is 5.69 Å². The van der Waals surface area contributed by atoms with E-state index in [4.69, 9.17) is 4.74 Å². The van der Waals surface area contributed by atoms with Gasteiger partial charge < -0.3 is 4.74 Å². The summed E-state index contributed by atoms with van der Waals surface area (Å²) < 4.78 is 6.53. The molecular weight excluding hydrogens is 438 g/mol. The lowest BCUT2D eigenvalue weighted by Crippen LogP contribution is -2.18. The van der Waals surface area contributed by atoms with Crippen LogP contribution in [0.3, 0.4) is 0 Å². The first-order valence-electron chi connectivity index (χ1n) is 8.57. The van der Waals surface area contributed by atoms with E-state index >= 15 is 0 Å². The van der Waals surface area contributed by atoms with Crippen LogP contribution >= 0.6 is 15.9 Å². The van der Waals surface area contributed by atoms with E-state index in [1.807, 2.05) is 30.3 Å². The fourth-order valence-corrected chi connectivity index (χ4v) is 3.01. The van der Waals surface area contributed by atoms with Gasteiger partial charge in [-0.25, -0.2) is 5.43 Å². The summed E-state index contributed by atoms with van der Waals surface area (Å²) in [5.74, 6) is 0.0189. The highest BCUT2D eigenvalue weighted by Gasteiger charge is 2.18. The number of para-hydroxylation sites is 1. The van der Waals surface area contributed by atoms with Crippen LogP contribution < -0.4 is 10.2 Å². The van der Waals surface area contributed by atoms with Crippen molar-refractivity contribution < 1.29 is 14.5 Å². The van der Waals surface area contributed by atoms with Crippen molar-refractivity contribution in [1.82, 2.24) is 5.43 Å². The van der Waals surface area contributed by atoms with E-state index in [1.54, 1.807) is 24.3 Å². The molecule has 0 fully saturated rings. The van der Waals surface area contributed by atoms with E-state index in [0.29, 0.717) is 17.9 Å². The molecule has 29 heavy (non-hydrogen) atoms. The molecule has 1 N–H and O–H groups in total. The van der Waals surface area contributed by atoms with Gasteiger partial charge in [0.2, 0.25) is 0 Å². The van der Waals surface area contributed by atoms with Crippen molar-refractivity contribution in [2.24, 2.45) is 5.10 Å². The number of nitro groups is 1. The molecule has 0 radical (unpaired) electrons. The van der Waals surface area contributed by atoms with E-state index in [-0.39, 0.29) is 11.3 Å². The van der Waals surface area contributed by atoms with Crippen molar-refractivity contribution >= 4 is 33.7 Å². The zero-order chi connectivity index (χ0) is 20.6. The minimum Gasteiger partial charge on any atom is -0.488 e. The van der Waals surface area contributed by atoms with Crippen molar-refractivity contribution in [2.75, 3.05) is 0 Å². The molecule has 0 aliphatic heterocycles. The molecule has 0 aromatic heterocycles. The Labute approximate surface area is 175 Å². The second-order valence-electron chi connectivity index (χ2n) is 5.94. The predicted octanol–water partition coefficient (Wildman–Crippen LogP) is 4.70. The van der Waals surface area contributed by atoms with Gasteiger partial charge in [0, 0.05) is 6.07 Å². The number of rotatable bonds is 7. The topological polar surface area (TPSA) is 93.8 Å². The maximum atomic E-state index is 12.1. The number of ether oxygens (including phenoxy) is 1. The van der Waals surface area contributed by atoms with E-state index in [9.17, 15) is 14.9 Å². The van der Waals surface area contributed by atoms with E-state index in [0.717, 1.165) is 10.0 Å². The Morgan fingerprint density at radius 2 is 1.83 bits per heavy atom. The molecule has 0 aliphatic rings. The van der Waals surface area contributed by atoms with Crippen LogP contribution in [0.25, 0.3) is 0 Å². The van der Waals surface area contributed by atoms with E-state index in [2.05, 4.69) is 26.5 Å². The second kappa shape index (κ2) is 9.61. The first-order chi connectivity index (χ1) is 14.0. The molecule has 0 heterocycles. The molecule has 7 nitrogen and oxygen atoms in total. The Kier molecular flexibility index (Phi) is 6.70. The third-order valence-corrected chi connectivity index (χ3v) is 4.54. The minimum absolute atomic E-state index is 0.0551. The van der Waals surface area contributed by atoms with E-state index in [1.165, 1.54) is 24.4 Å². The van der Waals surface area contributed by atoms with Gasteiger partial charge in [-0.2, -0.15) is 5.10 Å². The molecule has 3 aromatic rings. The molecule has 0 aliphatic carbocycles. The normalized spacial score (nSPS) is 10.7. The Morgan fingerprint density at radius 1 is 1.10 bits per heavy atom. The fourth-order valence-electron chi connectivity index (χ4n) is 2.50. The average Bonchev–Trinajstić information content (AvgIpc) is 2.73. The van der Waals surface area contributed by atoms with Crippen LogP contribution in [0.5, 0.6) is 5.75 Å². The van der Waals surface area contributed by atoms with Crippen LogP contribution in [0, 0.1) is 10.1 Å². The quantitative estimate of drug-likeness (QED) is 0.318. The highest BCUT2D eigenvalue weighted by molar-refractivity contribution is 9.10. The number of carbonyl (C=O) groups excluding carboxylic acids is 1. The number of amides is 1. The first kappa shape index (κ1) is 20.2. The highest BCUT2D eigenvalue weighted by atomic mass is 79.9. The van der Waals surface area contributed by atoms with Crippen LogP contribution in [-0.2, 0) is 6.61 Å². The minimum atomic E-state index is -0.657. The lowest BCUT2D eigenvalue weighted by Gasteiger charge is -2.08. The zero-order valence-corrected chi connectivity index (χ0v) is 16.7. The van der Waals surface area contributed by atoms with Gasteiger partial charge in [-0.15, -0.1) is 0 Å². The van der Waals surface area contributed by atoms with Gasteiger partial charge in [-0.1, -0.05) is 42.5 Å². The monoisotopic (exact) mass is 453 g/mol. The van der Waals surface area contributed by atoms with Crippen molar-refractivity contribution in [3.63, 3.8) is 0 Å². The number of hydrazone groups is 1. The lowest BCUT2D eigenvalue weighted by atomic mass is 10.2.